The van der Waals surface area contributed by atoms with Gasteiger partial charge in [0, 0.05) is 33.0 Å². The fourth-order valence-electron chi connectivity index (χ4n) is 2.29. The van der Waals surface area contributed by atoms with Crippen molar-refractivity contribution in [3.8, 4) is 0 Å². The summed E-state index contributed by atoms with van der Waals surface area (Å²) in [7, 11) is 0. The molecule has 3 rings (SSSR count). The summed E-state index contributed by atoms with van der Waals surface area (Å²) in [4.78, 5) is 26.9. The van der Waals surface area contributed by atoms with Gasteiger partial charge in [0.2, 0.25) is 5.56 Å². The van der Waals surface area contributed by atoms with Gasteiger partial charge in [0.25, 0.3) is 5.91 Å². The lowest BCUT2D eigenvalue weighted by Crippen LogP contribution is -2.24. The van der Waals surface area contributed by atoms with E-state index in [2.05, 4.69) is 26.2 Å². The number of benzene rings is 2. The van der Waals surface area contributed by atoms with Gasteiger partial charge in [0.1, 0.15) is 0 Å². The number of carbonyl (C=O) groups excluding carboxylic acids is 1. The number of aromatic amines is 1. The number of nitrogens with one attached hydrogen (secondary N) is 2. The SMILES string of the molecule is O=C(NCc1ccc(Cl)cc1)c1cc(=O)[nH]c2ccc(Br)cc12. The van der Waals surface area contributed by atoms with Crippen LogP contribution in [-0.2, 0) is 6.54 Å². The fourth-order valence-corrected chi connectivity index (χ4v) is 2.78. The summed E-state index contributed by atoms with van der Waals surface area (Å²) >= 11 is 9.22. The first kappa shape index (κ1) is 15.8. The van der Waals surface area contributed by atoms with Gasteiger partial charge in [-0.1, -0.05) is 39.7 Å². The number of halogens is 2. The van der Waals surface area contributed by atoms with Crippen LogP contribution in [0.5, 0.6) is 0 Å². The Hall–Kier alpha value is -2.11. The van der Waals surface area contributed by atoms with Gasteiger partial charge < -0.3 is 10.3 Å². The molecule has 23 heavy (non-hydrogen) atoms. The van der Waals surface area contributed by atoms with Crippen molar-refractivity contribution >= 4 is 44.3 Å². The van der Waals surface area contributed by atoms with Crippen LogP contribution in [0.15, 0.2) is 57.8 Å². The zero-order chi connectivity index (χ0) is 16.4. The highest BCUT2D eigenvalue weighted by Gasteiger charge is 2.12. The summed E-state index contributed by atoms with van der Waals surface area (Å²) in [6, 6.07) is 13.9. The van der Waals surface area contributed by atoms with Crippen molar-refractivity contribution in [1.82, 2.24) is 10.3 Å². The Morgan fingerprint density at radius 3 is 2.61 bits per heavy atom. The Bertz CT molecular complexity index is 935. The standard InChI is InChI=1S/C17H12BrClN2O2/c18-11-3-6-15-13(7-11)14(8-16(22)21-15)17(23)20-9-10-1-4-12(19)5-2-10/h1-8H,9H2,(H,20,23)(H,21,22). The molecule has 0 aliphatic heterocycles. The zero-order valence-electron chi connectivity index (χ0n) is 11.9. The first-order chi connectivity index (χ1) is 11.0. The Morgan fingerprint density at radius 2 is 1.87 bits per heavy atom. The van der Waals surface area contributed by atoms with Gasteiger partial charge in [0.15, 0.2) is 0 Å². The minimum atomic E-state index is -0.309. The number of pyridine rings is 1. The minimum Gasteiger partial charge on any atom is -0.348 e. The Labute approximate surface area is 145 Å². The van der Waals surface area contributed by atoms with Crippen molar-refractivity contribution in [2.75, 3.05) is 0 Å². The molecule has 0 aliphatic rings. The van der Waals surface area contributed by atoms with Crippen LogP contribution >= 0.6 is 27.5 Å². The largest absolute Gasteiger partial charge is 0.348 e. The quantitative estimate of drug-likeness (QED) is 0.712. The van der Waals surface area contributed by atoms with Gasteiger partial charge in [-0.3, -0.25) is 9.59 Å². The third-order valence-electron chi connectivity index (χ3n) is 3.42. The van der Waals surface area contributed by atoms with Crippen LogP contribution in [0.25, 0.3) is 10.9 Å². The minimum absolute atomic E-state index is 0.297. The molecule has 0 radical (unpaired) electrons. The van der Waals surface area contributed by atoms with Crippen LogP contribution in [0.1, 0.15) is 15.9 Å². The molecule has 1 aromatic heterocycles. The smallest absolute Gasteiger partial charge is 0.252 e. The lowest BCUT2D eigenvalue weighted by Gasteiger charge is -2.08. The summed E-state index contributed by atoms with van der Waals surface area (Å²) < 4.78 is 0.837. The third kappa shape index (κ3) is 3.63. The van der Waals surface area contributed by atoms with Gasteiger partial charge in [0.05, 0.1) is 5.56 Å². The van der Waals surface area contributed by atoms with Crippen molar-refractivity contribution in [2.24, 2.45) is 0 Å². The highest BCUT2D eigenvalue weighted by atomic mass is 79.9. The second-order valence-electron chi connectivity index (χ2n) is 5.05. The molecule has 2 N–H and O–H groups in total. The van der Waals surface area contributed by atoms with E-state index in [0.29, 0.717) is 28.0 Å². The van der Waals surface area contributed by atoms with Crippen molar-refractivity contribution in [3.63, 3.8) is 0 Å². The van der Waals surface area contributed by atoms with E-state index >= 15 is 0 Å². The number of fused-ring (bicyclic) bond motifs is 1. The average Bonchev–Trinajstić information content (AvgIpc) is 2.53. The molecule has 1 amide bonds. The first-order valence-corrected chi connectivity index (χ1v) is 8.05. The molecule has 3 aromatic rings. The van der Waals surface area contributed by atoms with Crippen molar-refractivity contribution in [3.05, 3.63) is 79.5 Å². The predicted molar refractivity (Wildman–Crippen MR) is 94.9 cm³/mol. The van der Waals surface area contributed by atoms with E-state index < -0.39 is 0 Å². The molecule has 0 saturated heterocycles. The normalized spacial score (nSPS) is 10.7. The lowest BCUT2D eigenvalue weighted by molar-refractivity contribution is 0.0952. The van der Waals surface area contributed by atoms with Crippen LogP contribution < -0.4 is 10.9 Å². The zero-order valence-corrected chi connectivity index (χ0v) is 14.2. The molecular formula is C17H12BrClN2O2. The number of hydrogen-bond acceptors (Lipinski definition) is 2. The van der Waals surface area contributed by atoms with Crippen LogP contribution in [0.3, 0.4) is 0 Å². The summed E-state index contributed by atoms with van der Waals surface area (Å²) in [6.45, 7) is 0.359. The molecule has 6 heteroatoms. The number of carbonyl (C=O) groups is 1. The highest BCUT2D eigenvalue weighted by molar-refractivity contribution is 9.10. The number of H-pyrrole nitrogens is 1. The summed E-state index contributed by atoms with van der Waals surface area (Å²) in [5.74, 6) is -0.297. The molecule has 4 nitrogen and oxygen atoms in total. The van der Waals surface area contributed by atoms with Gasteiger partial charge in [-0.2, -0.15) is 0 Å². The second kappa shape index (κ2) is 6.56. The third-order valence-corrected chi connectivity index (χ3v) is 4.16. The summed E-state index contributed by atoms with van der Waals surface area (Å²) in [5.41, 5.74) is 1.59. The van der Waals surface area contributed by atoms with Gasteiger partial charge in [-0.25, -0.2) is 0 Å². The molecule has 1 heterocycles. The number of aromatic nitrogens is 1. The maximum absolute atomic E-state index is 12.5. The number of amides is 1. The topological polar surface area (TPSA) is 62.0 Å². The molecule has 0 spiro atoms. The van der Waals surface area contributed by atoms with E-state index in [1.54, 1.807) is 18.2 Å². The first-order valence-electron chi connectivity index (χ1n) is 6.88. The molecule has 116 valence electrons. The van der Waals surface area contributed by atoms with Crippen LogP contribution in [-0.4, -0.2) is 10.9 Å². The number of rotatable bonds is 3. The maximum Gasteiger partial charge on any atom is 0.252 e. The van der Waals surface area contributed by atoms with E-state index in [0.717, 1.165) is 10.0 Å². The molecule has 0 fully saturated rings. The van der Waals surface area contributed by atoms with Crippen LogP contribution in [0.4, 0.5) is 0 Å². The molecule has 0 atom stereocenters. The van der Waals surface area contributed by atoms with E-state index in [1.165, 1.54) is 6.07 Å². The van der Waals surface area contributed by atoms with E-state index in [4.69, 9.17) is 11.6 Å². The maximum atomic E-state index is 12.5. The summed E-state index contributed by atoms with van der Waals surface area (Å²) in [5, 5.41) is 4.15. The summed E-state index contributed by atoms with van der Waals surface area (Å²) in [6.07, 6.45) is 0. The van der Waals surface area contributed by atoms with E-state index in [9.17, 15) is 9.59 Å². The van der Waals surface area contributed by atoms with E-state index in [1.807, 2.05) is 24.3 Å². The van der Waals surface area contributed by atoms with Gasteiger partial charge in [-0.15, -0.1) is 0 Å². The lowest BCUT2D eigenvalue weighted by atomic mass is 10.1. The van der Waals surface area contributed by atoms with Crippen molar-refractivity contribution < 1.29 is 4.79 Å². The molecule has 0 bridgehead atoms. The monoisotopic (exact) mass is 390 g/mol. The molecule has 2 aromatic carbocycles. The van der Waals surface area contributed by atoms with Crippen LogP contribution in [0.2, 0.25) is 5.02 Å². The highest BCUT2D eigenvalue weighted by Crippen LogP contribution is 2.20. The Morgan fingerprint density at radius 1 is 1.13 bits per heavy atom. The molecular weight excluding hydrogens is 380 g/mol. The fraction of sp³-hybridized carbons (Fsp3) is 0.0588. The number of hydrogen-bond donors (Lipinski definition) is 2. The Kier molecular flexibility index (Phi) is 4.50. The average molecular weight is 392 g/mol. The Balaban J connectivity index is 1.89. The molecule has 0 aliphatic carbocycles. The van der Waals surface area contributed by atoms with Gasteiger partial charge >= 0.3 is 0 Å². The van der Waals surface area contributed by atoms with Crippen LogP contribution in [0, 0.1) is 0 Å². The molecule has 0 saturated carbocycles. The van der Waals surface area contributed by atoms with Gasteiger partial charge in [-0.05, 0) is 35.9 Å². The van der Waals surface area contributed by atoms with Crippen molar-refractivity contribution in [2.45, 2.75) is 6.54 Å². The second-order valence-corrected chi connectivity index (χ2v) is 6.40. The molecule has 0 unspecified atom stereocenters. The van der Waals surface area contributed by atoms with E-state index in [-0.39, 0.29) is 11.5 Å². The van der Waals surface area contributed by atoms with Crippen molar-refractivity contribution in [1.29, 1.82) is 0 Å². The predicted octanol–water partition coefficient (Wildman–Crippen LogP) is 3.87.